The van der Waals surface area contributed by atoms with Gasteiger partial charge in [-0.1, -0.05) is 34.4 Å². The summed E-state index contributed by atoms with van der Waals surface area (Å²) in [5.74, 6) is -0.375. The Labute approximate surface area is 243 Å². The van der Waals surface area contributed by atoms with Crippen LogP contribution in [0.2, 0.25) is 0 Å². The number of nitrogens with zero attached hydrogens (tertiary/aromatic N) is 3. The summed E-state index contributed by atoms with van der Waals surface area (Å²) in [5, 5.41) is 16.6. The third-order valence-electron chi connectivity index (χ3n) is 5.93. The molecule has 214 valence electrons. The van der Waals surface area contributed by atoms with Gasteiger partial charge in [-0.15, -0.1) is 0 Å². The summed E-state index contributed by atoms with van der Waals surface area (Å²) in [5.41, 5.74) is 6.06. The maximum Gasteiger partial charge on any atom is 0.472 e. The van der Waals surface area contributed by atoms with E-state index in [9.17, 15) is 28.9 Å². The number of phosphoric acid groups is 1. The fourth-order valence-electron chi connectivity index (χ4n) is 4.17. The fourth-order valence-corrected chi connectivity index (χ4v) is 6.20. The van der Waals surface area contributed by atoms with E-state index in [1.807, 2.05) is 22.6 Å². The largest absolute Gasteiger partial charge is 0.472 e. The summed E-state index contributed by atoms with van der Waals surface area (Å²) in [4.78, 5) is 57.1. The predicted molar refractivity (Wildman–Crippen MR) is 150 cm³/mol. The molecular weight excluding hydrogens is 684 g/mol. The van der Waals surface area contributed by atoms with E-state index in [0.29, 0.717) is 21.4 Å². The van der Waals surface area contributed by atoms with Crippen molar-refractivity contribution in [2.24, 2.45) is 0 Å². The van der Waals surface area contributed by atoms with Crippen molar-refractivity contribution in [2.45, 2.75) is 29.7 Å². The Morgan fingerprint density at radius 1 is 1.30 bits per heavy atom. The molecule has 40 heavy (non-hydrogen) atoms. The summed E-state index contributed by atoms with van der Waals surface area (Å²) in [7, 11) is -4.36. The smallest absolute Gasteiger partial charge is 0.386 e. The average Bonchev–Trinajstić information content (AvgIpc) is 3.43. The first-order valence-electron chi connectivity index (χ1n) is 11.7. The summed E-state index contributed by atoms with van der Waals surface area (Å²) in [6.07, 6.45) is -4.68. The van der Waals surface area contributed by atoms with Crippen molar-refractivity contribution >= 4 is 76.8 Å². The number of ether oxygens (including phenoxy) is 1. The van der Waals surface area contributed by atoms with Crippen LogP contribution in [0.3, 0.4) is 0 Å². The maximum absolute atomic E-state index is 12.6. The van der Waals surface area contributed by atoms with Crippen LogP contribution in [0.4, 0.5) is 11.6 Å². The number of aliphatic hydroxyl groups excluding tert-OH is 1. The number of halogens is 1. The second-order valence-electron chi connectivity index (χ2n) is 8.64. The van der Waals surface area contributed by atoms with Gasteiger partial charge in [0.2, 0.25) is 11.9 Å². The van der Waals surface area contributed by atoms with Crippen molar-refractivity contribution in [1.82, 2.24) is 24.8 Å². The molecule has 4 heterocycles. The normalized spacial score (nSPS) is 26.0. The number of carbonyl (C=O) groups is 2. The Kier molecular flexibility index (Phi) is 8.48. The number of amides is 2. The summed E-state index contributed by atoms with van der Waals surface area (Å²) < 4.78 is 29.2. The van der Waals surface area contributed by atoms with Gasteiger partial charge in [-0.25, -0.2) is 9.55 Å². The lowest BCUT2D eigenvalue weighted by molar-refractivity contribution is -0.113. The predicted octanol–water partition coefficient (Wildman–Crippen LogP) is 0.371. The van der Waals surface area contributed by atoms with Crippen LogP contribution >= 0.6 is 42.2 Å². The van der Waals surface area contributed by atoms with Gasteiger partial charge in [-0.05, 0) is 24.3 Å². The maximum atomic E-state index is 12.6. The zero-order valence-corrected chi connectivity index (χ0v) is 24.2. The van der Waals surface area contributed by atoms with Gasteiger partial charge in [0, 0.05) is 23.5 Å². The molecule has 2 aliphatic rings. The zero-order valence-electron chi connectivity index (χ0n) is 20.4. The van der Waals surface area contributed by atoms with E-state index >= 15 is 0 Å². The standard InChI is InChI=1S/C21H23IN7O9PS/c22-7-12(30)25-10-3-1-9(2-4-10)17(32)24-5-6-40-21-26-13-16(27-20(23)28-18(13)33)29(21)19-14(31)15-11(37-19)8-36-39(34,35)38-15/h1-4,11,14-15,19,31H,5-8H2,(H,24,32)(H,25,30)(H,34,35)(H3,23,27,28,33)/t11-,14-,15-,19-/m1/s1. The van der Waals surface area contributed by atoms with Crippen LogP contribution in [0, 0.1) is 0 Å². The topological polar surface area (TPSA) is 233 Å². The number of alkyl halides is 1. The molecule has 1 unspecified atom stereocenters. The fraction of sp³-hybridized carbons (Fsp3) is 0.381. The molecule has 2 saturated heterocycles. The third kappa shape index (κ3) is 6.03. The lowest BCUT2D eigenvalue weighted by Gasteiger charge is -2.27. The number of H-pyrrole nitrogens is 1. The molecule has 0 radical (unpaired) electrons. The molecule has 0 saturated carbocycles. The average molecular weight is 707 g/mol. The van der Waals surface area contributed by atoms with E-state index in [4.69, 9.17) is 19.5 Å². The van der Waals surface area contributed by atoms with Crippen LogP contribution in [0.25, 0.3) is 11.2 Å². The second kappa shape index (κ2) is 11.7. The van der Waals surface area contributed by atoms with Gasteiger partial charge >= 0.3 is 7.82 Å². The molecule has 0 bridgehead atoms. The van der Waals surface area contributed by atoms with Crippen LogP contribution in [0.1, 0.15) is 16.6 Å². The highest BCUT2D eigenvalue weighted by atomic mass is 127. The second-order valence-corrected chi connectivity index (χ2v) is 11.9. The number of aromatic amines is 1. The molecule has 16 nitrogen and oxygen atoms in total. The number of aromatic nitrogens is 4. The highest BCUT2D eigenvalue weighted by molar-refractivity contribution is 14.1. The molecule has 3 aromatic rings. The molecule has 7 N–H and O–H groups in total. The molecule has 19 heteroatoms. The number of nitrogen functional groups attached to an aromatic ring is 1. The van der Waals surface area contributed by atoms with E-state index in [-0.39, 0.29) is 47.2 Å². The third-order valence-corrected chi connectivity index (χ3v) is 8.56. The van der Waals surface area contributed by atoms with E-state index in [0.717, 1.165) is 11.8 Å². The van der Waals surface area contributed by atoms with Gasteiger partial charge < -0.3 is 31.1 Å². The van der Waals surface area contributed by atoms with E-state index in [1.54, 1.807) is 24.3 Å². The van der Waals surface area contributed by atoms with Gasteiger partial charge in [0.15, 0.2) is 22.5 Å². The van der Waals surface area contributed by atoms with E-state index in [2.05, 4.69) is 25.6 Å². The first kappa shape index (κ1) is 28.9. The minimum Gasteiger partial charge on any atom is -0.386 e. The van der Waals surface area contributed by atoms with E-state index < -0.39 is 37.9 Å². The van der Waals surface area contributed by atoms with Crippen molar-refractivity contribution in [2.75, 3.05) is 34.4 Å². The minimum atomic E-state index is -4.36. The number of aliphatic hydroxyl groups is 1. The van der Waals surface area contributed by atoms with E-state index in [1.165, 1.54) is 4.57 Å². The number of phosphoric ester groups is 1. The number of fused-ring (bicyclic) bond motifs is 2. The van der Waals surface area contributed by atoms with Crippen molar-refractivity contribution in [1.29, 1.82) is 0 Å². The quantitative estimate of drug-likeness (QED) is 0.0612. The van der Waals surface area contributed by atoms with Crippen molar-refractivity contribution in [3.63, 3.8) is 0 Å². The lowest BCUT2D eigenvalue weighted by atomic mass is 10.1. The number of hydrogen-bond donors (Lipinski definition) is 6. The molecule has 0 spiro atoms. The van der Waals surface area contributed by atoms with Crippen LogP contribution in [-0.2, 0) is 23.1 Å². The van der Waals surface area contributed by atoms with Gasteiger partial charge in [0.25, 0.3) is 11.5 Å². The molecule has 5 atom stereocenters. The number of nitrogens with two attached hydrogens (primary N) is 1. The Morgan fingerprint density at radius 3 is 2.77 bits per heavy atom. The molecule has 5 rings (SSSR count). The molecule has 2 amide bonds. The number of rotatable bonds is 8. The minimum absolute atomic E-state index is 0.0262. The van der Waals surface area contributed by atoms with Gasteiger partial charge in [-0.3, -0.25) is 33.0 Å². The number of benzene rings is 1. The van der Waals surface area contributed by atoms with Crippen molar-refractivity contribution in [3.8, 4) is 0 Å². The van der Waals surface area contributed by atoms with Gasteiger partial charge in [0.05, 0.1) is 11.0 Å². The van der Waals surface area contributed by atoms with Gasteiger partial charge in [0.1, 0.15) is 18.3 Å². The number of nitrogens with one attached hydrogen (secondary N) is 3. The first-order valence-corrected chi connectivity index (χ1v) is 15.7. The molecule has 1 aromatic carbocycles. The monoisotopic (exact) mass is 707 g/mol. The summed E-state index contributed by atoms with van der Waals surface area (Å²) >= 11 is 3.10. The zero-order chi connectivity index (χ0) is 28.6. The van der Waals surface area contributed by atoms with Crippen LogP contribution in [0.15, 0.2) is 34.2 Å². The first-order chi connectivity index (χ1) is 19.1. The summed E-state index contributed by atoms with van der Waals surface area (Å²) in [6, 6.07) is 6.42. The van der Waals surface area contributed by atoms with Crippen molar-refractivity contribution in [3.05, 3.63) is 40.2 Å². The number of thioether (sulfide) groups is 1. The Morgan fingerprint density at radius 2 is 2.05 bits per heavy atom. The number of anilines is 2. The van der Waals surface area contributed by atoms with Gasteiger partial charge in [-0.2, -0.15) is 4.98 Å². The lowest BCUT2D eigenvalue weighted by Crippen LogP contribution is -2.39. The Bertz CT molecular complexity index is 1550. The Balaban J connectivity index is 1.30. The van der Waals surface area contributed by atoms with Crippen molar-refractivity contribution < 1.29 is 37.9 Å². The molecule has 2 aliphatic heterocycles. The molecule has 2 aromatic heterocycles. The SMILES string of the molecule is Nc1nc2c(nc(SCCNC(=O)c3ccc(NC(=O)CI)cc3)n2[C@@H]2O[C@@H]3COP(=O)(O)O[C@H]3[C@H]2O)c(=O)[nH]1. The highest BCUT2D eigenvalue weighted by Crippen LogP contribution is 2.52. The molecule has 0 aliphatic carbocycles. The highest BCUT2D eigenvalue weighted by Gasteiger charge is 2.53. The molecule has 2 fully saturated rings. The molecular formula is C21H23IN7O9PS. The van der Waals surface area contributed by atoms with Crippen LogP contribution < -0.4 is 21.9 Å². The Hall–Kier alpha value is -2.58. The summed E-state index contributed by atoms with van der Waals surface area (Å²) in [6.45, 7) is -0.0924. The number of hydrogen-bond acceptors (Lipinski definition) is 12. The van der Waals surface area contributed by atoms with Crippen LogP contribution in [0.5, 0.6) is 0 Å². The number of carbonyl (C=O) groups excluding carboxylic acids is 2. The van der Waals surface area contributed by atoms with Crippen LogP contribution in [-0.4, -0.2) is 83.0 Å². The number of imidazole rings is 1.